The van der Waals surface area contributed by atoms with Crippen LogP contribution in [0.2, 0.25) is 0 Å². The number of likely N-dealkylation sites (tertiary alicyclic amines) is 1. The number of ether oxygens (including phenoxy) is 2. The first-order valence-electron chi connectivity index (χ1n) is 10.9. The molecule has 0 saturated carbocycles. The van der Waals surface area contributed by atoms with Crippen LogP contribution in [0.25, 0.3) is 0 Å². The van der Waals surface area contributed by atoms with E-state index in [-0.39, 0.29) is 24.5 Å². The maximum Gasteiger partial charge on any atom is 0.311 e. The van der Waals surface area contributed by atoms with Gasteiger partial charge in [0.05, 0.1) is 19.1 Å². The predicted octanol–water partition coefficient (Wildman–Crippen LogP) is 3.62. The zero-order valence-corrected chi connectivity index (χ0v) is 18.6. The molecule has 0 unspecified atom stereocenters. The molecule has 2 amide bonds. The number of primary amides is 1. The van der Waals surface area contributed by atoms with E-state index in [2.05, 4.69) is 6.92 Å². The molecule has 0 bridgehead atoms. The van der Waals surface area contributed by atoms with Crippen molar-refractivity contribution in [1.82, 2.24) is 4.90 Å². The predicted molar refractivity (Wildman–Crippen MR) is 120 cm³/mol. The van der Waals surface area contributed by atoms with Gasteiger partial charge in [-0.1, -0.05) is 37.6 Å². The van der Waals surface area contributed by atoms with Crippen molar-refractivity contribution in [3.05, 3.63) is 65.2 Å². The third kappa shape index (κ3) is 5.46. The zero-order valence-electron chi connectivity index (χ0n) is 18.6. The van der Waals surface area contributed by atoms with Crippen LogP contribution in [0.3, 0.4) is 0 Å². The molecular weight excluding hydrogens is 408 g/mol. The molecular formula is C25H30N2O5. The van der Waals surface area contributed by atoms with E-state index in [1.54, 1.807) is 31.4 Å². The molecule has 2 aromatic carbocycles. The van der Waals surface area contributed by atoms with Crippen LogP contribution < -0.4 is 10.5 Å². The Morgan fingerprint density at radius 3 is 2.38 bits per heavy atom. The molecule has 2 N–H and O–H groups in total. The Morgan fingerprint density at radius 1 is 1.09 bits per heavy atom. The van der Waals surface area contributed by atoms with Gasteiger partial charge in [-0.2, -0.15) is 0 Å². The van der Waals surface area contributed by atoms with Crippen molar-refractivity contribution < 1.29 is 23.9 Å². The molecule has 2 atom stereocenters. The van der Waals surface area contributed by atoms with Crippen LogP contribution in [0.1, 0.15) is 60.1 Å². The van der Waals surface area contributed by atoms with Crippen molar-refractivity contribution in [2.45, 2.75) is 45.3 Å². The van der Waals surface area contributed by atoms with Gasteiger partial charge in [-0.15, -0.1) is 0 Å². The second-order valence-corrected chi connectivity index (χ2v) is 7.97. The fraction of sp³-hybridized carbons (Fsp3) is 0.400. The lowest BCUT2D eigenvalue weighted by atomic mass is 9.84. The van der Waals surface area contributed by atoms with Gasteiger partial charge in [0.15, 0.2) is 0 Å². The summed E-state index contributed by atoms with van der Waals surface area (Å²) in [4.78, 5) is 38.9. The zero-order chi connectivity index (χ0) is 23.1. The van der Waals surface area contributed by atoms with Gasteiger partial charge in [0, 0.05) is 18.5 Å². The van der Waals surface area contributed by atoms with E-state index < -0.39 is 11.8 Å². The van der Waals surface area contributed by atoms with Gasteiger partial charge in [-0.25, -0.2) is 0 Å². The van der Waals surface area contributed by atoms with Crippen LogP contribution >= 0.6 is 0 Å². The molecule has 7 heteroatoms. The van der Waals surface area contributed by atoms with Crippen molar-refractivity contribution >= 4 is 17.8 Å². The number of amides is 2. The van der Waals surface area contributed by atoms with Crippen molar-refractivity contribution in [2.24, 2.45) is 11.7 Å². The number of rotatable bonds is 9. The quantitative estimate of drug-likeness (QED) is 0.603. The molecule has 0 aromatic heterocycles. The summed E-state index contributed by atoms with van der Waals surface area (Å²) in [6.07, 6.45) is 2.59. The first kappa shape index (κ1) is 23.3. The summed E-state index contributed by atoms with van der Waals surface area (Å²) >= 11 is 0. The largest absolute Gasteiger partial charge is 0.497 e. The number of nitrogens with zero attached hydrogens (tertiary/aromatic N) is 1. The molecule has 2 aromatic rings. The Morgan fingerprint density at radius 2 is 1.78 bits per heavy atom. The number of esters is 1. The smallest absolute Gasteiger partial charge is 0.311 e. The second kappa shape index (κ2) is 10.8. The van der Waals surface area contributed by atoms with E-state index in [0.29, 0.717) is 24.9 Å². The van der Waals surface area contributed by atoms with Gasteiger partial charge in [0.1, 0.15) is 12.4 Å². The van der Waals surface area contributed by atoms with E-state index in [0.717, 1.165) is 29.7 Å². The molecule has 1 aliphatic heterocycles. The maximum atomic E-state index is 13.1. The molecule has 1 aliphatic rings. The number of unbranched alkanes of at least 4 members (excludes halogenated alkanes) is 1. The number of nitrogens with two attached hydrogens (primary N) is 1. The lowest BCUT2D eigenvalue weighted by molar-refractivity contribution is -0.158. The summed E-state index contributed by atoms with van der Waals surface area (Å²) in [6, 6.07) is 13.8. The molecule has 1 heterocycles. The Hall–Kier alpha value is -3.35. The topological polar surface area (TPSA) is 98.9 Å². The molecule has 0 aliphatic carbocycles. The number of benzene rings is 2. The monoisotopic (exact) mass is 438 g/mol. The van der Waals surface area contributed by atoms with E-state index in [1.165, 1.54) is 0 Å². The first-order valence-corrected chi connectivity index (χ1v) is 10.9. The van der Waals surface area contributed by atoms with Gasteiger partial charge in [0.25, 0.3) is 0 Å². The molecule has 32 heavy (non-hydrogen) atoms. The van der Waals surface area contributed by atoms with Crippen LogP contribution in [0.4, 0.5) is 0 Å². The number of carbonyl (C=O) groups is 3. The average Bonchev–Trinajstić information content (AvgIpc) is 2.82. The number of carbonyl (C=O) groups excluding carboxylic acids is 3. The van der Waals surface area contributed by atoms with Gasteiger partial charge in [0.2, 0.25) is 11.8 Å². The molecule has 170 valence electrons. The third-order valence-electron chi connectivity index (χ3n) is 5.84. The second-order valence-electron chi connectivity index (χ2n) is 7.97. The van der Waals surface area contributed by atoms with Gasteiger partial charge >= 0.3 is 5.97 Å². The molecule has 1 saturated heterocycles. The van der Waals surface area contributed by atoms with Gasteiger partial charge < -0.3 is 20.1 Å². The van der Waals surface area contributed by atoms with Crippen molar-refractivity contribution in [1.29, 1.82) is 0 Å². The highest BCUT2D eigenvalue weighted by atomic mass is 16.5. The highest BCUT2D eigenvalue weighted by molar-refractivity contribution is 5.92. The van der Waals surface area contributed by atoms with Crippen LogP contribution in [0.15, 0.2) is 48.5 Å². The molecule has 0 radical (unpaired) electrons. The normalized spacial score (nSPS) is 18.3. The van der Waals surface area contributed by atoms with E-state index in [1.807, 2.05) is 29.2 Å². The summed E-state index contributed by atoms with van der Waals surface area (Å²) in [5.74, 6) is -0.517. The standard InChI is InChI=1S/C25H30N2O5/c1-3-4-15-27-22(28)14-13-21(23(27)18-9-11-20(31-2)12-10-18)25(30)32-16-17-5-7-19(8-6-17)24(26)29/h5-12,21,23H,3-4,13-16H2,1-2H3,(H2,26,29)/t21-,23+/m0/s1. The molecule has 0 spiro atoms. The van der Waals surface area contributed by atoms with Crippen molar-refractivity contribution in [3.63, 3.8) is 0 Å². The number of methoxy groups -OCH3 is 1. The number of piperidine rings is 1. The van der Waals surface area contributed by atoms with E-state index in [9.17, 15) is 14.4 Å². The van der Waals surface area contributed by atoms with Crippen LogP contribution in [-0.2, 0) is 20.9 Å². The SMILES string of the molecule is CCCCN1C(=O)CC[C@H](C(=O)OCc2ccc(C(N)=O)cc2)[C@H]1c1ccc(OC)cc1. The van der Waals surface area contributed by atoms with Crippen LogP contribution in [0.5, 0.6) is 5.75 Å². The van der Waals surface area contributed by atoms with E-state index in [4.69, 9.17) is 15.2 Å². The minimum atomic E-state index is -0.505. The van der Waals surface area contributed by atoms with Crippen LogP contribution in [-0.4, -0.2) is 36.3 Å². The minimum absolute atomic E-state index is 0.0605. The number of hydrogen-bond donors (Lipinski definition) is 1. The van der Waals surface area contributed by atoms with Gasteiger partial charge in [-0.05, 0) is 48.2 Å². The Labute approximate surface area is 188 Å². The fourth-order valence-electron chi connectivity index (χ4n) is 4.03. The fourth-order valence-corrected chi connectivity index (χ4v) is 4.03. The molecule has 3 rings (SSSR count). The van der Waals surface area contributed by atoms with Crippen molar-refractivity contribution in [3.8, 4) is 5.75 Å². The lowest BCUT2D eigenvalue weighted by Gasteiger charge is -2.40. The molecule has 7 nitrogen and oxygen atoms in total. The third-order valence-corrected chi connectivity index (χ3v) is 5.84. The Bertz CT molecular complexity index is 940. The van der Waals surface area contributed by atoms with E-state index >= 15 is 0 Å². The summed E-state index contributed by atoms with van der Waals surface area (Å²) in [7, 11) is 1.60. The first-order chi connectivity index (χ1) is 15.4. The Balaban J connectivity index is 1.79. The lowest BCUT2D eigenvalue weighted by Crippen LogP contribution is -2.46. The summed E-state index contributed by atoms with van der Waals surface area (Å²) < 4.78 is 10.9. The Kier molecular flexibility index (Phi) is 7.87. The summed E-state index contributed by atoms with van der Waals surface area (Å²) in [5.41, 5.74) is 7.32. The summed E-state index contributed by atoms with van der Waals surface area (Å²) in [5, 5.41) is 0. The average molecular weight is 439 g/mol. The summed E-state index contributed by atoms with van der Waals surface area (Å²) in [6.45, 7) is 2.77. The number of hydrogen-bond acceptors (Lipinski definition) is 5. The maximum absolute atomic E-state index is 13.1. The van der Waals surface area contributed by atoms with Crippen molar-refractivity contribution in [2.75, 3.05) is 13.7 Å². The van der Waals surface area contributed by atoms with Crippen LogP contribution in [0, 0.1) is 5.92 Å². The molecule has 1 fully saturated rings. The van der Waals surface area contributed by atoms with Gasteiger partial charge in [-0.3, -0.25) is 14.4 Å². The highest BCUT2D eigenvalue weighted by Gasteiger charge is 2.41. The minimum Gasteiger partial charge on any atom is -0.497 e. The highest BCUT2D eigenvalue weighted by Crippen LogP contribution is 2.38.